The molecule has 0 radical (unpaired) electrons. The molecule has 0 aromatic heterocycles. The molecule has 2 rings (SSSR count). The van der Waals surface area contributed by atoms with Crippen molar-refractivity contribution in [1.82, 2.24) is 9.80 Å². The zero-order valence-corrected chi connectivity index (χ0v) is 9.94. The van der Waals surface area contributed by atoms with Crippen molar-refractivity contribution in [3.05, 3.63) is 0 Å². The molecule has 0 bridgehead atoms. The average molecular weight is 229 g/mol. The maximum absolute atomic E-state index is 6.17. The molecule has 2 aliphatic heterocycles. The summed E-state index contributed by atoms with van der Waals surface area (Å²) in [6.45, 7) is 9.48. The lowest BCUT2D eigenvalue weighted by molar-refractivity contribution is 0.0209. The monoisotopic (exact) mass is 229 g/mol. The molecule has 0 amide bonds. The second kappa shape index (κ2) is 6.51. The van der Waals surface area contributed by atoms with Crippen molar-refractivity contribution in [3.63, 3.8) is 0 Å². The van der Waals surface area contributed by atoms with Crippen LogP contribution in [0.4, 0.5) is 0 Å². The first-order valence-electron chi connectivity index (χ1n) is 6.20. The van der Waals surface area contributed by atoms with Crippen molar-refractivity contribution in [2.75, 3.05) is 65.7 Å². The Morgan fingerprint density at radius 2 is 1.19 bits per heavy atom. The van der Waals surface area contributed by atoms with E-state index in [1.807, 2.05) is 0 Å². The first-order valence-corrected chi connectivity index (χ1v) is 6.20. The van der Waals surface area contributed by atoms with Crippen molar-refractivity contribution in [2.24, 2.45) is 5.73 Å². The van der Waals surface area contributed by atoms with Gasteiger partial charge in [-0.3, -0.25) is 9.80 Å². The summed E-state index contributed by atoms with van der Waals surface area (Å²) in [5.74, 6) is 0. The van der Waals surface area contributed by atoms with E-state index in [9.17, 15) is 0 Å². The Bertz CT molecular complexity index is 172. The summed E-state index contributed by atoms with van der Waals surface area (Å²) >= 11 is 0. The van der Waals surface area contributed by atoms with Crippen LogP contribution in [-0.2, 0) is 9.47 Å². The molecule has 16 heavy (non-hydrogen) atoms. The number of nitrogens with two attached hydrogens (primary N) is 1. The van der Waals surface area contributed by atoms with Crippen LogP contribution in [0.3, 0.4) is 0 Å². The lowest BCUT2D eigenvalue weighted by Gasteiger charge is -2.33. The minimum absolute atomic E-state index is 0.246. The number of hydrogen-bond donors (Lipinski definition) is 1. The molecule has 2 aliphatic rings. The van der Waals surface area contributed by atoms with Crippen LogP contribution in [0.2, 0.25) is 0 Å². The van der Waals surface area contributed by atoms with E-state index in [1.54, 1.807) is 0 Å². The van der Waals surface area contributed by atoms with Gasteiger partial charge < -0.3 is 15.2 Å². The Balaban J connectivity index is 1.64. The molecule has 2 heterocycles. The third kappa shape index (κ3) is 3.99. The Morgan fingerprint density at radius 1 is 0.812 bits per heavy atom. The summed E-state index contributed by atoms with van der Waals surface area (Å²) in [6, 6.07) is 0.246. The van der Waals surface area contributed by atoms with E-state index in [-0.39, 0.29) is 6.04 Å². The fourth-order valence-electron chi connectivity index (χ4n) is 2.29. The van der Waals surface area contributed by atoms with Gasteiger partial charge in [-0.25, -0.2) is 0 Å². The Kier molecular flexibility index (Phi) is 4.99. The van der Waals surface area contributed by atoms with Gasteiger partial charge in [-0.1, -0.05) is 0 Å². The summed E-state index contributed by atoms with van der Waals surface area (Å²) in [5, 5.41) is 0. The molecule has 0 aromatic carbocycles. The maximum Gasteiger partial charge on any atom is 0.0594 e. The molecular weight excluding hydrogens is 206 g/mol. The minimum Gasteiger partial charge on any atom is -0.379 e. The van der Waals surface area contributed by atoms with Crippen molar-refractivity contribution in [1.29, 1.82) is 0 Å². The van der Waals surface area contributed by atoms with Gasteiger partial charge in [0.2, 0.25) is 0 Å². The molecular formula is C11H23N3O2. The van der Waals surface area contributed by atoms with Gasteiger partial charge in [-0.2, -0.15) is 0 Å². The van der Waals surface area contributed by atoms with Gasteiger partial charge in [0.1, 0.15) is 0 Å². The standard InChI is InChI=1S/C11H23N3O2/c12-11(9-13-1-5-15-6-2-13)10-14-3-7-16-8-4-14/h11H,1-10,12H2. The van der Waals surface area contributed by atoms with Crippen LogP contribution in [-0.4, -0.2) is 81.5 Å². The Labute approximate surface area is 97.5 Å². The molecule has 2 fully saturated rings. The van der Waals surface area contributed by atoms with Crippen LogP contribution in [0.15, 0.2) is 0 Å². The molecule has 0 atom stereocenters. The molecule has 2 saturated heterocycles. The van der Waals surface area contributed by atoms with E-state index in [0.29, 0.717) is 0 Å². The van der Waals surface area contributed by atoms with E-state index in [4.69, 9.17) is 15.2 Å². The van der Waals surface area contributed by atoms with E-state index in [1.165, 1.54) is 0 Å². The minimum atomic E-state index is 0.246. The van der Waals surface area contributed by atoms with E-state index >= 15 is 0 Å². The number of hydrogen-bond acceptors (Lipinski definition) is 5. The summed E-state index contributed by atoms with van der Waals surface area (Å²) in [6.07, 6.45) is 0. The highest BCUT2D eigenvalue weighted by Gasteiger charge is 2.17. The number of rotatable bonds is 4. The van der Waals surface area contributed by atoms with E-state index in [2.05, 4.69) is 9.80 Å². The fraction of sp³-hybridized carbons (Fsp3) is 1.00. The third-order valence-corrected chi connectivity index (χ3v) is 3.19. The number of nitrogens with zero attached hydrogens (tertiary/aromatic N) is 2. The van der Waals surface area contributed by atoms with Crippen LogP contribution in [0.25, 0.3) is 0 Å². The fourth-order valence-corrected chi connectivity index (χ4v) is 2.29. The summed E-state index contributed by atoms with van der Waals surface area (Å²) < 4.78 is 10.6. The quantitative estimate of drug-likeness (QED) is 0.668. The van der Waals surface area contributed by atoms with Crippen LogP contribution >= 0.6 is 0 Å². The molecule has 2 N–H and O–H groups in total. The molecule has 0 aliphatic carbocycles. The van der Waals surface area contributed by atoms with Gasteiger partial charge >= 0.3 is 0 Å². The lowest BCUT2D eigenvalue weighted by atomic mass is 10.2. The summed E-state index contributed by atoms with van der Waals surface area (Å²) in [5.41, 5.74) is 6.17. The first kappa shape index (κ1) is 12.3. The van der Waals surface area contributed by atoms with Gasteiger partial charge in [0.25, 0.3) is 0 Å². The predicted molar refractivity (Wildman–Crippen MR) is 62.5 cm³/mol. The van der Waals surface area contributed by atoms with E-state index < -0.39 is 0 Å². The number of ether oxygens (including phenoxy) is 2. The van der Waals surface area contributed by atoms with Gasteiger partial charge in [0.05, 0.1) is 26.4 Å². The Morgan fingerprint density at radius 3 is 1.56 bits per heavy atom. The van der Waals surface area contributed by atoms with E-state index in [0.717, 1.165) is 65.7 Å². The van der Waals surface area contributed by atoms with Crippen LogP contribution < -0.4 is 5.73 Å². The molecule has 0 unspecified atom stereocenters. The van der Waals surface area contributed by atoms with Crippen LogP contribution in [0, 0.1) is 0 Å². The smallest absolute Gasteiger partial charge is 0.0594 e. The first-order chi connectivity index (χ1) is 7.84. The zero-order valence-electron chi connectivity index (χ0n) is 9.94. The normalized spacial score (nSPS) is 25.1. The predicted octanol–water partition coefficient (Wildman–Crippen LogP) is -1.02. The molecule has 0 spiro atoms. The molecule has 5 heteroatoms. The average Bonchev–Trinajstić information content (AvgIpc) is 2.31. The third-order valence-electron chi connectivity index (χ3n) is 3.19. The number of morpholine rings is 2. The molecule has 0 aromatic rings. The highest BCUT2D eigenvalue weighted by Crippen LogP contribution is 2.01. The van der Waals surface area contributed by atoms with Crippen molar-refractivity contribution in [3.8, 4) is 0 Å². The van der Waals surface area contributed by atoms with Crippen molar-refractivity contribution in [2.45, 2.75) is 6.04 Å². The Hall–Kier alpha value is -0.200. The topological polar surface area (TPSA) is 51.0 Å². The SMILES string of the molecule is NC(CN1CCOCC1)CN1CCOCC1. The van der Waals surface area contributed by atoms with Gasteiger partial charge in [-0.05, 0) is 0 Å². The van der Waals surface area contributed by atoms with Gasteiger partial charge in [-0.15, -0.1) is 0 Å². The molecule has 0 saturated carbocycles. The second-order valence-electron chi connectivity index (χ2n) is 4.59. The molecule has 5 nitrogen and oxygen atoms in total. The van der Waals surface area contributed by atoms with Crippen molar-refractivity contribution < 1.29 is 9.47 Å². The van der Waals surface area contributed by atoms with Gasteiger partial charge in [0.15, 0.2) is 0 Å². The summed E-state index contributed by atoms with van der Waals surface area (Å²) in [7, 11) is 0. The lowest BCUT2D eigenvalue weighted by Crippen LogP contribution is -2.50. The van der Waals surface area contributed by atoms with Crippen LogP contribution in [0.1, 0.15) is 0 Å². The molecule has 94 valence electrons. The largest absolute Gasteiger partial charge is 0.379 e. The highest BCUT2D eigenvalue weighted by atomic mass is 16.5. The summed E-state index contributed by atoms with van der Waals surface area (Å²) in [4.78, 5) is 4.79. The highest BCUT2D eigenvalue weighted by molar-refractivity contribution is 4.75. The second-order valence-corrected chi connectivity index (χ2v) is 4.59. The maximum atomic E-state index is 6.17. The zero-order chi connectivity index (χ0) is 11.2. The van der Waals surface area contributed by atoms with Gasteiger partial charge in [0, 0.05) is 45.3 Å². The van der Waals surface area contributed by atoms with Crippen molar-refractivity contribution >= 4 is 0 Å². The van der Waals surface area contributed by atoms with Crippen LogP contribution in [0.5, 0.6) is 0 Å².